The van der Waals surface area contributed by atoms with E-state index in [2.05, 4.69) is 51.5 Å². The van der Waals surface area contributed by atoms with Gasteiger partial charge in [-0.1, -0.05) is 54.6 Å². The monoisotopic (exact) mass is 772 g/mol. The zero-order chi connectivity index (χ0) is 36.9. The predicted octanol–water partition coefficient (Wildman–Crippen LogP) is 8.35. The molecule has 3 aromatic rings. The van der Waals surface area contributed by atoms with Crippen molar-refractivity contribution in [1.82, 2.24) is 19.8 Å². The third-order valence-corrected chi connectivity index (χ3v) is 13.4. The first kappa shape index (κ1) is 39.1. The van der Waals surface area contributed by atoms with Gasteiger partial charge in [0.25, 0.3) is 0 Å². The molecule has 1 aromatic heterocycles. The molecule has 2 aliphatic rings. The number of nitrogens with zero attached hydrogens (tertiary/aromatic N) is 4. The Balaban J connectivity index is 1.27. The highest BCUT2D eigenvalue weighted by molar-refractivity contribution is 8.23. The van der Waals surface area contributed by atoms with Gasteiger partial charge < -0.3 is 25.2 Å². The molecule has 2 aliphatic heterocycles. The van der Waals surface area contributed by atoms with Crippen molar-refractivity contribution in [2.24, 2.45) is 5.92 Å². The first-order valence-corrected chi connectivity index (χ1v) is 20.9. The molecule has 0 aliphatic carbocycles. The van der Waals surface area contributed by atoms with Gasteiger partial charge in [-0.05, 0) is 108 Å². The van der Waals surface area contributed by atoms with Crippen LogP contribution in [0, 0.1) is 12.8 Å². The number of amides is 1. The first-order chi connectivity index (χ1) is 24.2. The van der Waals surface area contributed by atoms with E-state index in [0.717, 1.165) is 61.7 Å². The van der Waals surface area contributed by atoms with E-state index in [1.165, 1.54) is 23.5 Å². The highest BCUT2D eigenvalue weighted by Crippen LogP contribution is 2.39. The summed E-state index contributed by atoms with van der Waals surface area (Å²) >= 11 is 13.7. The number of carbonyl (C=O) groups is 1. The van der Waals surface area contributed by atoms with E-state index >= 15 is 0 Å². The minimum absolute atomic E-state index is 0.0730. The van der Waals surface area contributed by atoms with Crippen molar-refractivity contribution in [3.63, 3.8) is 0 Å². The van der Waals surface area contributed by atoms with Crippen molar-refractivity contribution in [2.45, 2.75) is 89.4 Å². The van der Waals surface area contributed by atoms with Crippen LogP contribution in [0.25, 0.3) is 0 Å². The van der Waals surface area contributed by atoms with E-state index in [-0.39, 0.29) is 33.7 Å². The van der Waals surface area contributed by atoms with Gasteiger partial charge in [-0.25, -0.2) is 13.4 Å². The lowest BCUT2D eigenvalue weighted by Gasteiger charge is -2.35. The second-order valence-corrected chi connectivity index (χ2v) is 18.5. The Morgan fingerprint density at radius 2 is 1.69 bits per heavy atom. The van der Waals surface area contributed by atoms with Gasteiger partial charge in [0.1, 0.15) is 15.1 Å². The van der Waals surface area contributed by atoms with Crippen LogP contribution in [-0.4, -0.2) is 81.7 Å². The Hall–Kier alpha value is -3.13. The molecule has 10 nitrogen and oxygen atoms in total. The highest BCUT2D eigenvalue weighted by Gasteiger charge is 2.27. The fraction of sp³-hybridized carbons (Fsp3) is 0.514. The summed E-state index contributed by atoms with van der Waals surface area (Å²) < 4.78 is 33.2. The van der Waals surface area contributed by atoms with Crippen molar-refractivity contribution in [3.8, 4) is 5.75 Å². The third-order valence-electron chi connectivity index (χ3n) is 9.44. The molecule has 276 valence electrons. The Morgan fingerprint density at radius 1 is 1.02 bits per heavy atom. The SMILES string of the molecule is Cc1cc(Nc2ncc(Cl)c(Nc3ccccc3S(=O)(=O)C(C)C)n2)c(OC(C)C)cc1C1CCN(C(=S)SCC(=O)N2CCC(C)CC2)CC1. The standard InChI is InChI=1S/C37H49ClN6O4S3/c1-23(2)48-32-20-28(27-13-17-44(18-14-27)37(49)50-22-34(45)43-15-11-25(5)12-16-43)26(6)19-31(32)41-36-39-21-29(38)35(42-36)40-30-9-7-8-10-33(30)51(46,47)24(3)4/h7-10,19-21,23-25,27H,11-18,22H2,1-6H3,(H2,39,40,41,42). The summed E-state index contributed by atoms with van der Waals surface area (Å²) in [6, 6.07) is 10.9. The highest BCUT2D eigenvalue weighted by atomic mass is 35.5. The molecule has 2 fully saturated rings. The average molecular weight is 773 g/mol. The molecular weight excluding hydrogens is 724 g/mol. The molecule has 5 rings (SSSR count). The van der Waals surface area contributed by atoms with Crippen LogP contribution in [0.3, 0.4) is 0 Å². The van der Waals surface area contributed by atoms with E-state index in [1.807, 2.05) is 18.7 Å². The van der Waals surface area contributed by atoms with E-state index in [0.29, 0.717) is 34.7 Å². The Labute approximate surface area is 317 Å². The number of rotatable bonds is 11. The van der Waals surface area contributed by atoms with Crippen LogP contribution in [0.4, 0.5) is 23.1 Å². The second-order valence-electron chi connectivity index (χ2n) is 14.0. The molecule has 0 bridgehead atoms. The van der Waals surface area contributed by atoms with Crippen LogP contribution in [0.2, 0.25) is 5.02 Å². The number of thiocarbonyl (C=S) groups is 1. The normalized spacial score (nSPS) is 16.1. The minimum atomic E-state index is -3.56. The Bertz CT molecular complexity index is 1820. The summed E-state index contributed by atoms with van der Waals surface area (Å²) in [5.74, 6) is 2.85. The van der Waals surface area contributed by atoms with E-state index in [1.54, 1.807) is 38.1 Å². The maximum absolute atomic E-state index is 13.0. The molecule has 0 unspecified atom stereocenters. The summed E-state index contributed by atoms with van der Waals surface area (Å²) in [6.07, 6.45) is 5.44. The Morgan fingerprint density at radius 3 is 2.35 bits per heavy atom. The number of likely N-dealkylation sites (tertiary alicyclic amines) is 2. The topological polar surface area (TPSA) is 117 Å². The van der Waals surface area contributed by atoms with Crippen LogP contribution in [-0.2, 0) is 14.6 Å². The van der Waals surface area contributed by atoms with Gasteiger partial charge >= 0.3 is 0 Å². The summed E-state index contributed by atoms with van der Waals surface area (Å²) in [7, 11) is -3.56. The number of halogens is 1. The molecule has 2 aromatic carbocycles. The molecule has 0 radical (unpaired) electrons. The number of para-hydroxylation sites is 1. The maximum atomic E-state index is 13.0. The lowest BCUT2D eigenvalue weighted by molar-refractivity contribution is -0.129. The lowest BCUT2D eigenvalue weighted by Crippen LogP contribution is -2.40. The molecule has 51 heavy (non-hydrogen) atoms. The Kier molecular flexibility index (Phi) is 13.1. The van der Waals surface area contributed by atoms with Crippen LogP contribution in [0.1, 0.15) is 77.3 Å². The zero-order valence-corrected chi connectivity index (χ0v) is 33.4. The van der Waals surface area contributed by atoms with Crippen LogP contribution < -0.4 is 15.4 Å². The number of anilines is 4. The molecule has 1 amide bonds. The average Bonchev–Trinajstić information content (AvgIpc) is 3.10. The number of thioether (sulfide) groups is 1. The van der Waals surface area contributed by atoms with Gasteiger partial charge in [0.2, 0.25) is 11.9 Å². The number of benzene rings is 2. The van der Waals surface area contributed by atoms with Crippen molar-refractivity contribution in [2.75, 3.05) is 42.6 Å². The number of sulfone groups is 1. The number of hydrogen-bond donors (Lipinski definition) is 2. The number of ether oxygens (including phenoxy) is 1. The zero-order valence-electron chi connectivity index (χ0n) is 30.2. The van der Waals surface area contributed by atoms with Crippen LogP contribution in [0.5, 0.6) is 5.75 Å². The summed E-state index contributed by atoms with van der Waals surface area (Å²) in [6.45, 7) is 15.0. The van der Waals surface area contributed by atoms with Crippen LogP contribution in [0.15, 0.2) is 47.5 Å². The molecule has 14 heteroatoms. The largest absolute Gasteiger partial charge is 0.489 e. The lowest BCUT2D eigenvalue weighted by atomic mass is 9.86. The molecule has 2 N–H and O–H groups in total. The maximum Gasteiger partial charge on any atom is 0.233 e. The molecular formula is C37H49ClN6O4S3. The molecule has 0 atom stereocenters. The van der Waals surface area contributed by atoms with Crippen molar-refractivity contribution >= 4 is 78.8 Å². The van der Waals surface area contributed by atoms with Crippen molar-refractivity contribution in [3.05, 3.63) is 58.7 Å². The van der Waals surface area contributed by atoms with Gasteiger partial charge in [-0.2, -0.15) is 4.98 Å². The number of carbonyl (C=O) groups excluding carboxylic acids is 1. The van der Waals surface area contributed by atoms with Crippen molar-refractivity contribution < 1.29 is 17.9 Å². The molecule has 0 saturated carbocycles. The quantitative estimate of drug-likeness (QED) is 0.183. The van der Waals surface area contributed by atoms with Gasteiger partial charge in [0.15, 0.2) is 15.7 Å². The van der Waals surface area contributed by atoms with E-state index < -0.39 is 15.1 Å². The number of piperidine rings is 2. The van der Waals surface area contributed by atoms with Gasteiger partial charge in [-0.3, -0.25) is 4.79 Å². The molecule has 2 saturated heterocycles. The van der Waals surface area contributed by atoms with Gasteiger partial charge in [0.05, 0.1) is 39.6 Å². The summed E-state index contributed by atoms with van der Waals surface area (Å²) in [5, 5.41) is 6.08. The van der Waals surface area contributed by atoms with Gasteiger partial charge in [0, 0.05) is 26.2 Å². The number of aromatic nitrogens is 2. The molecule has 0 spiro atoms. The number of hydrogen-bond acceptors (Lipinski definition) is 10. The smallest absolute Gasteiger partial charge is 0.233 e. The first-order valence-electron chi connectivity index (χ1n) is 17.6. The van der Waals surface area contributed by atoms with Crippen molar-refractivity contribution in [1.29, 1.82) is 0 Å². The van der Waals surface area contributed by atoms with Gasteiger partial charge in [-0.15, -0.1) is 0 Å². The van der Waals surface area contributed by atoms with E-state index in [4.69, 9.17) is 28.6 Å². The third kappa shape index (κ3) is 9.85. The minimum Gasteiger partial charge on any atom is -0.489 e. The van der Waals surface area contributed by atoms with Crippen LogP contribution >= 0.6 is 35.6 Å². The second kappa shape index (κ2) is 17.1. The fourth-order valence-electron chi connectivity index (χ4n) is 6.36. The van der Waals surface area contributed by atoms with E-state index in [9.17, 15) is 13.2 Å². The summed E-state index contributed by atoms with van der Waals surface area (Å²) in [5.41, 5.74) is 3.44. The number of nitrogens with one attached hydrogen (secondary N) is 2. The number of aryl methyl sites for hydroxylation is 1. The predicted molar refractivity (Wildman–Crippen MR) is 213 cm³/mol. The summed E-state index contributed by atoms with van der Waals surface area (Å²) in [4.78, 5) is 26.2. The fourth-order valence-corrected chi connectivity index (χ4v) is 8.86. The molecule has 3 heterocycles.